The van der Waals surface area contributed by atoms with Gasteiger partial charge in [-0.15, -0.1) is 0 Å². The number of halogens is 3. The van der Waals surface area contributed by atoms with Gasteiger partial charge in [0.1, 0.15) is 18.4 Å². The highest BCUT2D eigenvalue weighted by Crippen LogP contribution is 2.38. The Bertz CT molecular complexity index is 1000. The summed E-state index contributed by atoms with van der Waals surface area (Å²) in [6.07, 6.45) is -4.47. The predicted molar refractivity (Wildman–Crippen MR) is 101 cm³/mol. The lowest BCUT2D eigenvalue weighted by molar-refractivity contribution is -0.177. The van der Waals surface area contributed by atoms with Gasteiger partial charge in [0.25, 0.3) is 11.8 Å². The van der Waals surface area contributed by atoms with Crippen molar-refractivity contribution < 1.29 is 27.5 Å². The number of amides is 2. The van der Waals surface area contributed by atoms with Crippen LogP contribution < -0.4 is 15.0 Å². The molecule has 1 aromatic heterocycles. The molecule has 2 aromatic rings. The van der Waals surface area contributed by atoms with Crippen LogP contribution in [0.2, 0.25) is 0 Å². The third-order valence-corrected chi connectivity index (χ3v) is 5.70. The quantitative estimate of drug-likeness (QED) is 0.806. The van der Waals surface area contributed by atoms with Crippen LogP contribution in [0.4, 0.5) is 18.9 Å². The number of alkyl halides is 3. The monoisotopic (exact) mass is 422 g/mol. The van der Waals surface area contributed by atoms with Crippen LogP contribution in [0.15, 0.2) is 24.3 Å². The number of anilines is 1. The molecular weight excluding hydrogens is 401 g/mol. The largest absolute Gasteiger partial charge is 0.489 e. The van der Waals surface area contributed by atoms with E-state index in [1.807, 2.05) is 0 Å². The fourth-order valence-electron chi connectivity index (χ4n) is 4.03. The standard InChI is InChI=1S/C20H21F3N4O3/c1-26-15-5-3-4-6-16(15)30-10-13(19(26)29)24-18(28)17-12-9-11(20(21,22)23)7-8-14(12)27(2)25-17/h3-6,11,13H,7-10H2,1-2H3,(H,24,28)/t11-,13+/m1/s1. The number of para-hydroxylation sites is 2. The van der Waals surface area contributed by atoms with Crippen LogP contribution in [0.25, 0.3) is 0 Å². The minimum atomic E-state index is -4.33. The molecule has 7 nitrogen and oxygen atoms in total. The average Bonchev–Trinajstić information content (AvgIpc) is 3.00. The molecule has 10 heteroatoms. The number of nitrogens with one attached hydrogen (secondary N) is 1. The van der Waals surface area contributed by atoms with Crippen LogP contribution in [0, 0.1) is 5.92 Å². The number of rotatable bonds is 2. The molecule has 0 bridgehead atoms. The van der Waals surface area contributed by atoms with Gasteiger partial charge in [-0.25, -0.2) is 0 Å². The maximum atomic E-state index is 13.2. The summed E-state index contributed by atoms with van der Waals surface area (Å²) < 4.78 is 46.8. The number of hydrogen-bond acceptors (Lipinski definition) is 4. The number of hydrogen-bond donors (Lipinski definition) is 1. The van der Waals surface area contributed by atoms with Crippen LogP contribution in [0.1, 0.15) is 28.2 Å². The maximum absolute atomic E-state index is 13.2. The third kappa shape index (κ3) is 3.50. The second-order valence-corrected chi connectivity index (χ2v) is 7.58. The number of carbonyl (C=O) groups excluding carboxylic acids is 2. The highest BCUT2D eigenvalue weighted by atomic mass is 19.4. The van der Waals surface area contributed by atoms with Gasteiger partial charge in [-0.2, -0.15) is 18.3 Å². The van der Waals surface area contributed by atoms with Crippen molar-refractivity contribution in [1.29, 1.82) is 0 Å². The molecule has 2 heterocycles. The molecule has 2 atom stereocenters. The maximum Gasteiger partial charge on any atom is 0.392 e. The SMILES string of the molecule is CN1C(=O)[C@@H](NC(=O)c2nn(C)c3c2C[C@H](C(F)(F)F)CC3)COc2ccccc21. The van der Waals surface area contributed by atoms with Gasteiger partial charge in [0.05, 0.1) is 11.6 Å². The van der Waals surface area contributed by atoms with Crippen molar-refractivity contribution >= 4 is 17.5 Å². The Labute approximate surface area is 170 Å². The van der Waals surface area contributed by atoms with E-state index in [1.165, 1.54) is 9.58 Å². The molecular formula is C20H21F3N4O3. The summed E-state index contributed by atoms with van der Waals surface area (Å²) in [6, 6.07) is 5.99. The molecule has 0 saturated heterocycles. The zero-order valence-electron chi connectivity index (χ0n) is 16.5. The van der Waals surface area contributed by atoms with Crippen LogP contribution in [0.3, 0.4) is 0 Å². The molecule has 1 aliphatic heterocycles. The third-order valence-electron chi connectivity index (χ3n) is 5.70. The summed E-state index contributed by atoms with van der Waals surface area (Å²) in [5.41, 5.74) is 1.41. The highest BCUT2D eigenvalue weighted by molar-refractivity contribution is 6.03. The van der Waals surface area contributed by atoms with E-state index in [2.05, 4.69) is 10.4 Å². The van der Waals surface area contributed by atoms with Crippen LogP contribution in [-0.4, -0.2) is 47.5 Å². The Morgan fingerprint density at radius 1 is 1.27 bits per heavy atom. The van der Waals surface area contributed by atoms with Crippen molar-refractivity contribution in [3.63, 3.8) is 0 Å². The lowest BCUT2D eigenvalue weighted by Crippen LogP contribution is -2.49. The lowest BCUT2D eigenvalue weighted by Gasteiger charge is -2.25. The molecule has 30 heavy (non-hydrogen) atoms. The second kappa shape index (κ2) is 7.33. The van der Waals surface area contributed by atoms with Gasteiger partial charge in [0, 0.05) is 25.4 Å². The van der Waals surface area contributed by atoms with Gasteiger partial charge in [-0.3, -0.25) is 14.3 Å². The van der Waals surface area contributed by atoms with Gasteiger partial charge in [0.15, 0.2) is 5.69 Å². The predicted octanol–water partition coefficient (Wildman–Crippen LogP) is 2.24. The molecule has 2 aliphatic rings. The molecule has 4 rings (SSSR count). The van der Waals surface area contributed by atoms with E-state index in [0.717, 1.165) is 0 Å². The molecule has 2 amide bonds. The fourth-order valence-corrected chi connectivity index (χ4v) is 4.03. The van der Waals surface area contributed by atoms with Gasteiger partial charge in [-0.05, 0) is 31.4 Å². The number of likely N-dealkylation sites (N-methyl/N-ethyl adjacent to an activating group) is 1. The average molecular weight is 422 g/mol. The summed E-state index contributed by atoms with van der Waals surface area (Å²) in [5, 5.41) is 6.75. The molecule has 0 fully saturated rings. The molecule has 0 spiro atoms. The minimum Gasteiger partial charge on any atom is -0.489 e. The zero-order valence-corrected chi connectivity index (χ0v) is 16.5. The normalized spacial score (nSPS) is 21.4. The summed E-state index contributed by atoms with van der Waals surface area (Å²) in [7, 11) is 3.18. The molecule has 0 radical (unpaired) electrons. The van der Waals surface area contributed by atoms with E-state index in [4.69, 9.17) is 4.74 Å². The van der Waals surface area contributed by atoms with Gasteiger partial charge >= 0.3 is 6.18 Å². The fraction of sp³-hybridized carbons (Fsp3) is 0.450. The van der Waals surface area contributed by atoms with E-state index in [-0.39, 0.29) is 37.5 Å². The number of fused-ring (bicyclic) bond motifs is 2. The molecule has 0 unspecified atom stereocenters. The van der Waals surface area contributed by atoms with E-state index in [0.29, 0.717) is 22.7 Å². The Hall–Kier alpha value is -3.04. The van der Waals surface area contributed by atoms with Gasteiger partial charge in [0.2, 0.25) is 0 Å². The van der Waals surface area contributed by atoms with Crippen LogP contribution in [-0.2, 0) is 24.7 Å². The topological polar surface area (TPSA) is 76.5 Å². The molecule has 1 aromatic carbocycles. The number of nitrogens with zero attached hydrogens (tertiary/aromatic N) is 3. The van der Waals surface area contributed by atoms with E-state index < -0.39 is 24.0 Å². The van der Waals surface area contributed by atoms with Crippen molar-refractivity contribution in [3.8, 4) is 5.75 Å². The number of carbonyl (C=O) groups is 2. The van der Waals surface area contributed by atoms with Crippen molar-refractivity contribution in [2.75, 3.05) is 18.6 Å². The van der Waals surface area contributed by atoms with Crippen molar-refractivity contribution in [2.45, 2.75) is 31.5 Å². The van der Waals surface area contributed by atoms with Crippen LogP contribution in [0.5, 0.6) is 5.75 Å². The number of benzene rings is 1. The first kappa shape index (κ1) is 20.2. The molecule has 1 aliphatic carbocycles. The van der Waals surface area contributed by atoms with E-state index in [1.54, 1.807) is 38.4 Å². The minimum absolute atomic E-state index is 0.0326. The van der Waals surface area contributed by atoms with Crippen molar-refractivity contribution in [1.82, 2.24) is 15.1 Å². The number of aryl methyl sites for hydroxylation is 1. The number of aromatic nitrogens is 2. The first-order chi connectivity index (χ1) is 14.2. The second-order valence-electron chi connectivity index (χ2n) is 7.58. The summed E-state index contributed by atoms with van der Waals surface area (Å²) in [6.45, 7) is -0.0911. The Morgan fingerprint density at radius 2 is 2.00 bits per heavy atom. The summed E-state index contributed by atoms with van der Waals surface area (Å²) in [5.74, 6) is -2.07. The first-order valence-corrected chi connectivity index (χ1v) is 9.58. The molecule has 1 N–H and O–H groups in total. The summed E-state index contributed by atoms with van der Waals surface area (Å²) >= 11 is 0. The van der Waals surface area contributed by atoms with Gasteiger partial charge in [-0.1, -0.05) is 12.1 Å². The van der Waals surface area contributed by atoms with Crippen molar-refractivity contribution in [3.05, 3.63) is 41.2 Å². The van der Waals surface area contributed by atoms with E-state index >= 15 is 0 Å². The number of ether oxygens (including phenoxy) is 1. The molecule has 160 valence electrons. The lowest BCUT2D eigenvalue weighted by atomic mass is 9.85. The Balaban J connectivity index is 1.56. The summed E-state index contributed by atoms with van der Waals surface area (Å²) in [4.78, 5) is 27.1. The van der Waals surface area contributed by atoms with E-state index in [9.17, 15) is 22.8 Å². The smallest absolute Gasteiger partial charge is 0.392 e. The highest BCUT2D eigenvalue weighted by Gasteiger charge is 2.43. The zero-order chi connectivity index (χ0) is 21.6. The molecule has 0 saturated carbocycles. The first-order valence-electron chi connectivity index (χ1n) is 9.58. The van der Waals surface area contributed by atoms with Gasteiger partial charge < -0.3 is 15.0 Å². The Morgan fingerprint density at radius 3 is 2.73 bits per heavy atom. The van der Waals surface area contributed by atoms with Crippen molar-refractivity contribution in [2.24, 2.45) is 13.0 Å². The Kier molecular flexibility index (Phi) is 4.95. The van der Waals surface area contributed by atoms with Crippen LogP contribution >= 0.6 is 0 Å².